The quantitative estimate of drug-likeness (QED) is 0.102. The van der Waals surface area contributed by atoms with Crippen molar-refractivity contribution in [2.45, 2.75) is 109 Å². The first-order valence-corrected chi connectivity index (χ1v) is 13.7. The molecule has 0 saturated carbocycles. The molecular formula is C27H49BrN+. The van der Waals surface area contributed by atoms with Crippen molar-refractivity contribution in [2.75, 3.05) is 26.0 Å². The Kier molecular flexibility index (Phi) is 17.0. The molecule has 0 bridgehead atoms. The number of alkyl halides is 1. The van der Waals surface area contributed by atoms with Crippen molar-refractivity contribution in [1.29, 1.82) is 0 Å². The third-order valence-electron chi connectivity index (χ3n) is 6.10. The number of halogens is 1. The van der Waals surface area contributed by atoms with Crippen LogP contribution >= 0.6 is 15.9 Å². The molecule has 0 aliphatic rings. The molecule has 0 N–H and O–H groups in total. The summed E-state index contributed by atoms with van der Waals surface area (Å²) in [6, 6.07) is 10.9. The van der Waals surface area contributed by atoms with Crippen LogP contribution in [0.1, 0.15) is 108 Å². The minimum Gasteiger partial charge on any atom is -0.325 e. The smallest absolute Gasteiger partial charge is 0.104 e. The highest BCUT2D eigenvalue weighted by Crippen LogP contribution is 2.15. The molecule has 0 spiro atoms. The lowest BCUT2D eigenvalue weighted by molar-refractivity contribution is -0.903. The van der Waals surface area contributed by atoms with Crippen LogP contribution in [0.4, 0.5) is 0 Å². The zero-order chi connectivity index (χ0) is 21.0. The van der Waals surface area contributed by atoms with Gasteiger partial charge in [0.25, 0.3) is 0 Å². The first-order chi connectivity index (χ1) is 14.1. The molecule has 1 aromatic carbocycles. The van der Waals surface area contributed by atoms with Gasteiger partial charge >= 0.3 is 0 Å². The molecule has 0 atom stereocenters. The number of hydrogen-bond acceptors (Lipinski definition) is 0. The zero-order valence-electron chi connectivity index (χ0n) is 19.6. The van der Waals surface area contributed by atoms with E-state index in [1.807, 2.05) is 0 Å². The van der Waals surface area contributed by atoms with Gasteiger partial charge in [-0.05, 0) is 19.3 Å². The van der Waals surface area contributed by atoms with Gasteiger partial charge in [-0.15, -0.1) is 0 Å². The summed E-state index contributed by atoms with van der Waals surface area (Å²) in [6.07, 6.45) is 23.0. The maximum Gasteiger partial charge on any atom is 0.104 e. The fourth-order valence-electron chi connectivity index (χ4n) is 4.27. The van der Waals surface area contributed by atoms with Crippen LogP contribution in [0.5, 0.6) is 0 Å². The second-order valence-corrected chi connectivity index (χ2v) is 10.4. The number of quaternary nitrogens is 1. The number of hydrogen-bond donors (Lipinski definition) is 0. The monoisotopic (exact) mass is 466 g/mol. The summed E-state index contributed by atoms with van der Waals surface area (Å²) in [7, 11) is 4.75. The fourth-order valence-corrected chi connectivity index (χ4v) is 4.66. The molecule has 0 heterocycles. The van der Waals surface area contributed by atoms with E-state index in [1.165, 1.54) is 120 Å². The molecule has 0 aromatic heterocycles. The van der Waals surface area contributed by atoms with E-state index in [-0.39, 0.29) is 0 Å². The summed E-state index contributed by atoms with van der Waals surface area (Å²) >= 11 is 3.51. The molecule has 168 valence electrons. The summed E-state index contributed by atoms with van der Waals surface area (Å²) in [5.74, 6) is 0. The largest absolute Gasteiger partial charge is 0.325 e. The van der Waals surface area contributed by atoms with Crippen LogP contribution in [0.25, 0.3) is 0 Å². The number of benzene rings is 1. The molecule has 0 fully saturated rings. The number of unbranched alkanes of at least 4 members (excludes halogenated alkanes) is 15. The third-order valence-corrected chi connectivity index (χ3v) is 6.66. The predicted octanol–water partition coefficient (Wildman–Crippen LogP) is 8.90. The van der Waals surface area contributed by atoms with Crippen LogP contribution in [-0.2, 0) is 6.54 Å². The zero-order valence-corrected chi connectivity index (χ0v) is 21.2. The molecule has 1 nitrogen and oxygen atoms in total. The third kappa shape index (κ3) is 17.1. The summed E-state index contributed by atoms with van der Waals surface area (Å²) < 4.78 is 1.11. The van der Waals surface area contributed by atoms with Crippen molar-refractivity contribution in [1.82, 2.24) is 0 Å². The molecule has 0 aliphatic heterocycles. The van der Waals surface area contributed by atoms with Gasteiger partial charge in [0.1, 0.15) is 6.54 Å². The van der Waals surface area contributed by atoms with Gasteiger partial charge in [0.05, 0.1) is 20.6 Å². The van der Waals surface area contributed by atoms with E-state index >= 15 is 0 Å². The van der Waals surface area contributed by atoms with Crippen LogP contribution in [-0.4, -0.2) is 30.5 Å². The van der Waals surface area contributed by atoms with Gasteiger partial charge in [-0.25, -0.2) is 0 Å². The number of nitrogens with zero attached hydrogens (tertiary/aromatic N) is 1. The van der Waals surface area contributed by atoms with E-state index in [2.05, 4.69) is 60.4 Å². The molecule has 29 heavy (non-hydrogen) atoms. The van der Waals surface area contributed by atoms with E-state index in [1.54, 1.807) is 0 Å². The molecule has 2 heteroatoms. The molecule has 0 amide bonds. The minimum atomic E-state index is 1.11. The van der Waals surface area contributed by atoms with Crippen molar-refractivity contribution >= 4 is 15.9 Å². The van der Waals surface area contributed by atoms with Crippen LogP contribution in [0.2, 0.25) is 0 Å². The Bertz CT molecular complexity index is 457. The minimum absolute atomic E-state index is 1.11. The normalized spacial score (nSPS) is 11.8. The summed E-state index contributed by atoms with van der Waals surface area (Å²) in [4.78, 5) is 0. The van der Waals surface area contributed by atoms with Crippen molar-refractivity contribution in [3.8, 4) is 0 Å². The molecule has 1 rings (SSSR count). The molecule has 0 saturated heterocycles. The van der Waals surface area contributed by atoms with Crippen molar-refractivity contribution in [3.05, 3.63) is 35.9 Å². The van der Waals surface area contributed by atoms with E-state index in [0.29, 0.717) is 0 Å². The average Bonchev–Trinajstić information content (AvgIpc) is 2.70. The van der Waals surface area contributed by atoms with E-state index in [4.69, 9.17) is 0 Å². The SMILES string of the molecule is C[N+](C)(CCCCCCCCCCCCCCCCCCBr)Cc1ccccc1. The van der Waals surface area contributed by atoms with Crippen molar-refractivity contribution in [3.63, 3.8) is 0 Å². The van der Waals surface area contributed by atoms with E-state index in [9.17, 15) is 0 Å². The van der Waals surface area contributed by atoms with Gasteiger partial charge < -0.3 is 4.48 Å². The van der Waals surface area contributed by atoms with Crippen LogP contribution in [0.3, 0.4) is 0 Å². The molecular weight excluding hydrogens is 418 g/mol. The predicted molar refractivity (Wildman–Crippen MR) is 135 cm³/mol. The van der Waals surface area contributed by atoms with Crippen LogP contribution in [0.15, 0.2) is 30.3 Å². The maximum atomic E-state index is 3.51. The van der Waals surface area contributed by atoms with Crippen LogP contribution in [0, 0.1) is 0 Å². The molecule has 0 unspecified atom stereocenters. The Morgan fingerprint density at radius 2 is 0.931 bits per heavy atom. The van der Waals surface area contributed by atoms with E-state index < -0.39 is 0 Å². The van der Waals surface area contributed by atoms with Crippen molar-refractivity contribution in [2.24, 2.45) is 0 Å². The highest BCUT2D eigenvalue weighted by atomic mass is 79.9. The fraction of sp³-hybridized carbons (Fsp3) is 0.778. The standard InChI is InChI=1S/C27H49BrN/c1-29(2,26-27-22-18-17-19-23-27)25-21-16-14-12-10-8-6-4-3-5-7-9-11-13-15-20-24-28/h17-19,22-23H,3-16,20-21,24-26H2,1-2H3/q+1. The Labute approximate surface area is 191 Å². The number of rotatable bonds is 20. The van der Waals surface area contributed by atoms with Gasteiger partial charge in [0.2, 0.25) is 0 Å². The maximum absolute atomic E-state index is 3.51. The topological polar surface area (TPSA) is 0 Å². The van der Waals surface area contributed by atoms with Gasteiger partial charge in [0.15, 0.2) is 0 Å². The summed E-state index contributed by atoms with van der Waals surface area (Å²) in [6.45, 7) is 2.45. The Balaban J connectivity index is 1.81. The highest BCUT2D eigenvalue weighted by Gasteiger charge is 2.14. The van der Waals surface area contributed by atoms with Gasteiger partial charge in [0, 0.05) is 10.9 Å². The Morgan fingerprint density at radius 3 is 1.34 bits per heavy atom. The van der Waals surface area contributed by atoms with E-state index in [0.717, 1.165) is 11.0 Å². The van der Waals surface area contributed by atoms with Crippen molar-refractivity contribution < 1.29 is 4.48 Å². The Morgan fingerprint density at radius 1 is 0.552 bits per heavy atom. The lowest BCUT2D eigenvalue weighted by Crippen LogP contribution is -2.39. The molecule has 0 radical (unpaired) electrons. The second kappa shape index (κ2) is 18.4. The first kappa shape index (κ1) is 26.7. The molecule has 1 aromatic rings. The highest BCUT2D eigenvalue weighted by molar-refractivity contribution is 9.09. The summed E-state index contributed by atoms with van der Waals surface area (Å²) in [5.41, 5.74) is 1.46. The Hall–Kier alpha value is -0.340. The lowest BCUT2D eigenvalue weighted by atomic mass is 10.0. The van der Waals surface area contributed by atoms with Crippen LogP contribution < -0.4 is 0 Å². The van der Waals surface area contributed by atoms with Gasteiger partial charge in [-0.1, -0.05) is 130 Å². The average molecular weight is 468 g/mol. The van der Waals surface area contributed by atoms with Gasteiger partial charge in [-0.2, -0.15) is 0 Å². The lowest BCUT2D eigenvalue weighted by Gasteiger charge is -2.30. The molecule has 0 aliphatic carbocycles. The summed E-state index contributed by atoms with van der Waals surface area (Å²) in [5, 5.41) is 1.18. The first-order valence-electron chi connectivity index (χ1n) is 12.6. The second-order valence-electron chi connectivity index (χ2n) is 9.65. The van der Waals surface area contributed by atoms with Gasteiger partial charge in [-0.3, -0.25) is 0 Å².